The molecule has 0 atom stereocenters. The molecule has 0 aliphatic carbocycles. The molecule has 0 unspecified atom stereocenters. The van der Waals surface area contributed by atoms with E-state index in [0.717, 1.165) is 24.9 Å². The van der Waals surface area contributed by atoms with Crippen LogP contribution >= 0.6 is 23.2 Å². The summed E-state index contributed by atoms with van der Waals surface area (Å²) in [7, 11) is 0. The van der Waals surface area contributed by atoms with Crippen molar-refractivity contribution in [3.05, 3.63) is 75.8 Å². The van der Waals surface area contributed by atoms with E-state index in [-0.39, 0.29) is 33.8 Å². The Balaban J connectivity index is 1.44. The molecule has 1 fully saturated rings. The van der Waals surface area contributed by atoms with Gasteiger partial charge in [0, 0.05) is 41.7 Å². The molecule has 2 amide bonds. The van der Waals surface area contributed by atoms with E-state index in [1.165, 1.54) is 24.3 Å². The van der Waals surface area contributed by atoms with E-state index in [4.69, 9.17) is 28.2 Å². The molecule has 2 N–H and O–H groups in total. The monoisotopic (exact) mass is 645 g/mol. The summed E-state index contributed by atoms with van der Waals surface area (Å²) in [6.45, 7) is 7.08. The third-order valence-electron chi connectivity index (χ3n) is 6.96. The van der Waals surface area contributed by atoms with E-state index in [1.807, 2.05) is 0 Å². The van der Waals surface area contributed by atoms with Crippen LogP contribution in [0.2, 0.25) is 10.0 Å². The third-order valence-corrected chi connectivity index (χ3v) is 7.70. The fourth-order valence-corrected chi connectivity index (χ4v) is 5.08. The maximum atomic E-state index is 13.4. The van der Waals surface area contributed by atoms with E-state index >= 15 is 0 Å². The number of anilines is 2. The van der Waals surface area contributed by atoms with Crippen LogP contribution in [0.3, 0.4) is 0 Å². The Morgan fingerprint density at radius 2 is 1.68 bits per heavy atom. The van der Waals surface area contributed by atoms with Gasteiger partial charge in [0.05, 0.1) is 21.1 Å². The van der Waals surface area contributed by atoms with Gasteiger partial charge in [0.1, 0.15) is 11.6 Å². The Morgan fingerprint density at radius 3 is 2.30 bits per heavy atom. The number of fused-ring (bicyclic) bond motifs is 1. The van der Waals surface area contributed by atoms with Crippen molar-refractivity contribution in [2.24, 2.45) is 5.41 Å². The van der Waals surface area contributed by atoms with Crippen molar-refractivity contribution in [1.82, 2.24) is 15.3 Å². The number of carbonyl (C=O) groups excluding carboxylic acids is 2. The Kier molecular flexibility index (Phi) is 8.64. The van der Waals surface area contributed by atoms with Crippen LogP contribution in [-0.2, 0) is 11.3 Å². The smallest absolute Gasteiger partial charge is 0.406 e. The van der Waals surface area contributed by atoms with Gasteiger partial charge in [-0.15, -0.1) is 13.2 Å². The summed E-state index contributed by atoms with van der Waals surface area (Å²) in [4.78, 5) is 37.2. The lowest BCUT2D eigenvalue weighted by molar-refractivity contribution is -0.274. The molecule has 0 bridgehead atoms. The zero-order valence-corrected chi connectivity index (χ0v) is 25.5. The summed E-state index contributed by atoms with van der Waals surface area (Å²) in [5.41, 5.74) is 1.41. The molecule has 0 radical (unpaired) electrons. The van der Waals surface area contributed by atoms with Crippen molar-refractivity contribution >= 4 is 57.4 Å². The predicted molar refractivity (Wildman–Crippen MR) is 164 cm³/mol. The van der Waals surface area contributed by atoms with Crippen LogP contribution in [0.1, 0.15) is 43.1 Å². The van der Waals surface area contributed by atoms with Crippen LogP contribution in [0, 0.1) is 5.41 Å². The molecule has 1 aliphatic rings. The van der Waals surface area contributed by atoms with Gasteiger partial charge in [-0.3, -0.25) is 9.59 Å². The molecule has 3 aromatic carbocycles. The van der Waals surface area contributed by atoms with Gasteiger partial charge >= 0.3 is 6.36 Å². The highest BCUT2D eigenvalue weighted by Crippen LogP contribution is 2.34. The maximum absolute atomic E-state index is 13.4. The zero-order valence-electron chi connectivity index (χ0n) is 24.0. The Hall–Kier alpha value is -4.09. The van der Waals surface area contributed by atoms with Crippen LogP contribution in [-0.4, -0.2) is 41.2 Å². The lowest BCUT2D eigenvalue weighted by Crippen LogP contribution is -2.37. The molecular weight excluding hydrogens is 618 g/mol. The number of amides is 2. The summed E-state index contributed by atoms with van der Waals surface area (Å²) in [6.07, 6.45) is -3.80. The average Bonchev–Trinajstić information content (AvgIpc) is 2.90. The van der Waals surface area contributed by atoms with Gasteiger partial charge in [-0.05, 0) is 60.5 Å². The number of alkyl halides is 3. The van der Waals surface area contributed by atoms with Crippen molar-refractivity contribution in [1.29, 1.82) is 0 Å². The van der Waals surface area contributed by atoms with Crippen molar-refractivity contribution in [2.45, 2.75) is 40.1 Å². The first kappa shape index (κ1) is 31.3. The molecular formula is C31H28Cl2F3N5O3. The summed E-state index contributed by atoms with van der Waals surface area (Å²) in [5.74, 6) is -0.0950. The minimum absolute atomic E-state index is 0.0572. The summed E-state index contributed by atoms with van der Waals surface area (Å²) >= 11 is 13.0. The number of benzene rings is 3. The topological polar surface area (TPSA) is 96.5 Å². The van der Waals surface area contributed by atoms with Crippen molar-refractivity contribution in [2.75, 3.05) is 23.3 Å². The number of rotatable bonds is 7. The second kappa shape index (κ2) is 12.1. The minimum Gasteiger partial charge on any atom is -0.406 e. The van der Waals surface area contributed by atoms with Crippen LogP contribution in [0.5, 0.6) is 5.75 Å². The first-order chi connectivity index (χ1) is 20.7. The van der Waals surface area contributed by atoms with Crippen molar-refractivity contribution < 1.29 is 27.5 Å². The SMILES string of the molecule is CC(C)(C)C(=O)NCc1ccc(Cl)c(C(=O)Nc2ccc3c(N4CCC4)nc(-c4ccc(OC(F)(F)F)cc4)nc3c2)c1Cl. The molecule has 230 valence electrons. The molecule has 5 rings (SSSR count). The highest BCUT2D eigenvalue weighted by atomic mass is 35.5. The van der Waals surface area contributed by atoms with E-state index in [0.29, 0.717) is 34.0 Å². The number of hydrogen-bond donors (Lipinski definition) is 2. The molecule has 0 saturated carbocycles. The predicted octanol–water partition coefficient (Wildman–Crippen LogP) is 7.63. The zero-order chi connectivity index (χ0) is 31.8. The third kappa shape index (κ3) is 7.00. The Labute approximate surface area is 261 Å². The summed E-state index contributed by atoms with van der Waals surface area (Å²) in [5, 5.41) is 6.64. The van der Waals surface area contributed by atoms with Gasteiger partial charge in [0.25, 0.3) is 5.91 Å². The largest absolute Gasteiger partial charge is 0.573 e. The standard InChI is InChI=1S/C31H28Cl2F3N5O3/c1-30(2,3)29(43)37-16-18-7-12-22(32)24(25(18)33)28(42)38-19-8-11-21-23(15-19)39-26(40-27(21)41-13-4-14-41)17-5-9-20(10-6-17)44-31(34,35)36/h5-12,15H,4,13-14,16H2,1-3H3,(H,37,43)(H,38,42). The molecule has 8 nitrogen and oxygen atoms in total. The number of aromatic nitrogens is 2. The molecule has 13 heteroatoms. The van der Waals surface area contributed by atoms with Crippen molar-refractivity contribution in [3.63, 3.8) is 0 Å². The lowest BCUT2D eigenvalue weighted by atomic mass is 9.95. The van der Waals surface area contributed by atoms with Gasteiger partial charge in [-0.2, -0.15) is 0 Å². The highest BCUT2D eigenvalue weighted by Gasteiger charge is 2.31. The number of ether oxygens (including phenoxy) is 1. The number of nitrogens with zero attached hydrogens (tertiary/aromatic N) is 3. The fraction of sp³-hybridized carbons (Fsp3) is 0.290. The van der Waals surface area contributed by atoms with E-state index < -0.39 is 17.7 Å². The normalized spacial score (nSPS) is 13.4. The van der Waals surface area contributed by atoms with Gasteiger partial charge in [0.2, 0.25) is 5.91 Å². The van der Waals surface area contributed by atoms with Gasteiger partial charge in [-0.25, -0.2) is 9.97 Å². The number of hydrogen-bond acceptors (Lipinski definition) is 6. The lowest BCUT2D eigenvalue weighted by Gasteiger charge is -2.33. The van der Waals surface area contributed by atoms with Crippen molar-refractivity contribution in [3.8, 4) is 17.1 Å². The minimum atomic E-state index is -4.80. The molecule has 1 saturated heterocycles. The second-order valence-corrected chi connectivity index (χ2v) is 12.1. The maximum Gasteiger partial charge on any atom is 0.573 e. The number of halogens is 5. The first-order valence-corrected chi connectivity index (χ1v) is 14.4. The van der Waals surface area contributed by atoms with E-state index in [9.17, 15) is 22.8 Å². The fourth-order valence-electron chi connectivity index (χ4n) is 4.47. The molecule has 0 spiro atoms. The van der Waals surface area contributed by atoms with Crippen LogP contribution < -0.4 is 20.3 Å². The molecule has 1 aromatic heterocycles. The van der Waals surface area contributed by atoms with E-state index in [2.05, 4.69) is 25.3 Å². The number of nitrogens with one attached hydrogen (secondary N) is 2. The average molecular weight is 646 g/mol. The van der Waals surface area contributed by atoms with Crippen LogP contribution in [0.25, 0.3) is 22.3 Å². The van der Waals surface area contributed by atoms with Gasteiger partial charge in [0.15, 0.2) is 5.82 Å². The number of carbonyl (C=O) groups is 2. The van der Waals surface area contributed by atoms with E-state index in [1.54, 1.807) is 51.1 Å². The van der Waals surface area contributed by atoms with Crippen LogP contribution in [0.4, 0.5) is 24.7 Å². The molecule has 1 aliphatic heterocycles. The van der Waals surface area contributed by atoms with Gasteiger partial charge < -0.3 is 20.3 Å². The quantitative estimate of drug-likeness (QED) is 0.215. The summed E-state index contributed by atoms with van der Waals surface area (Å²) < 4.78 is 41.8. The highest BCUT2D eigenvalue weighted by molar-refractivity contribution is 6.40. The van der Waals surface area contributed by atoms with Gasteiger partial charge in [-0.1, -0.05) is 50.0 Å². The second-order valence-electron chi connectivity index (χ2n) is 11.3. The molecule has 2 heterocycles. The first-order valence-electron chi connectivity index (χ1n) is 13.7. The van der Waals surface area contributed by atoms with Crippen LogP contribution in [0.15, 0.2) is 54.6 Å². The molecule has 44 heavy (non-hydrogen) atoms. The molecule has 4 aromatic rings. The Morgan fingerprint density at radius 1 is 0.977 bits per heavy atom. The Bertz CT molecular complexity index is 1740. The summed E-state index contributed by atoms with van der Waals surface area (Å²) in [6, 6.07) is 13.7.